The Morgan fingerprint density at radius 1 is 1.43 bits per heavy atom. The summed E-state index contributed by atoms with van der Waals surface area (Å²) in [6.07, 6.45) is 1.03. The van der Waals surface area contributed by atoms with Gasteiger partial charge < -0.3 is 15.0 Å². The SMILES string of the molecule is Cc1ccc(C)n1C1(CN)CCOC1. The van der Waals surface area contributed by atoms with Crippen LogP contribution in [-0.2, 0) is 10.3 Å². The molecule has 1 unspecified atom stereocenters. The molecule has 0 amide bonds. The van der Waals surface area contributed by atoms with Gasteiger partial charge in [0.05, 0.1) is 12.1 Å². The highest BCUT2D eigenvalue weighted by atomic mass is 16.5. The molecule has 78 valence electrons. The van der Waals surface area contributed by atoms with Crippen molar-refractivity contribution in [3.8, 4) is 0 Å². The summed E-state index contributed by atoms with van der Waals surface area (Å²) < 4.78 is 7.82. The molecule has 0 aliphatic carbocycles. The van der Waals surface area contributed by atoms with Crippen LogP contribution in [0.3, 0.4) is 0 Å². The standard InChI is InChI=1S/C11H18N2O/c1-9-3-4-10(2)13(9)11(7-12)5-6-14-8-11/h3-4H,5-8,12H2,1-2H3. The van der Waals surface area contributed by atoms with Crippen LogP contribution < -0.4 is 5.73 Å². The molecule has 14 heavy (non-hydrogen) atoms. The number of ether oxygens (including phenoxy) is 1. The molecule has 3 nitrogen and oxygen atoms in total. The van der Waals surface area contributed by atoms with Crippen LogP contribution in [0.15, 0.2) is 12.1 Å². The van der Waals surface area contributed by atoms with Gasteiger partial charge in [0, 0.05) is 24.5 Å². The van der Waals surface area contributed by atoms with Gasteiger partial charge >= 0.3 is 0 Å². The first kappa shape index (κ1) is 9.74. The molecule has 1 fully saturated rings. The number of hydrogen-bond acceptors (Lipinski definition) is 2. The van der Waals surface area contributed by atoms with E-state index in [2.05, 4.69) is 30.5 Å². The maximum absolute atomic E-state index is 5.90. The molecule has 3 heteroatoms. The summed E-state index contributed by atoms with van der Waals surface area (Å²) in [6, 6.07) is 4.29. The van der Waals surface area contributed by atoms with Gasteiger partial charge in [0.25, 0.3) is 0 Å². The quantitative estimate of drug-likeness (QED) is 0.768. The highest BCUT2D eigenvalue weighted by molar-refractivity contribution is 5.18. The third-order valence-corrected chi connectivity index (χ3v) is 3.21. The summed E-state index contributed by atoms with van der Waals surface area (Å²) in [7, 11) is 0. The molecule has 1 aliphatic rings. The Hall–Kier alpha value is -0.800. The molecule has 1 aromatic heterocycles. The second-order valence-corrected chi connectivity index (χ2v) is 4.18. The number of nitrogens with two attached hydrogens (primary N) is 1. The second kappa shape index (κ2) is 3.41. The minimum atomic E-state index is 0.0116. The fourth-order valence-electron chi connectivity index (χ4n) is 2.44. The highest BCUT2D eigenvalue weighted by Gasteiger charge is 2.36. The van der Waals surface area contributed by atoms with Crippen LogP contribution in [0, 0.1) is 13.8 Å². The van der Waals surface area contributed by atoms with Crippen molar-refractivity contribution in [2.24, 2.45) is 5.73 Å². The Labute approximate surface area is 84.9 Å². The van der Waals surface area contributed by atoms with Gasteiger partial charge in [0.2, 0.25) is 0 Å². The predicted octanol–water partition coefficient (Wildman–Crippen LogP) is 1.18. The Morgan fingerprint density at radius 2 is 2.07 bits per heavy atom. The molecule has 1 atom stereocenters. The van der Waals surface area contributed by atoms with Gasteiger partial charge in [-0.2, -0.15) is 0 Å². The van der Waals surface area contributed by atoms with Crippen LogP contribution in [0.25, 0.3) is 0 Å². The Morgan fingerprint density at radius 3 is 2.50 bits per heavy atom. The monoisotopic (exact) mass is 194 g/mol. The summed E-state index contributed by atoms with van der Waals surface area (Å²) in [5.74, 6) is 0. The summed E-state index contributed by atoms with van der Waals surface area (Å²) >= 11 is 0. The van der Waals surface area contributed by atoms with Crippen LogP contribution in [-0.4, -0.2) is 24.3 Å². The smallest absolute Gasteiger partial charge is 0.0821 e. The molecule has 2 N–H and O–H groups in total. The fraction of sp³-hybridized carbons (Fsp3) is 0.636. The van der Waals surface area contributed by atoms with Crippen molar-refractivity contribution in [2.75, 3.05) is 19.8 Å². The van der Waals surface area contributed by atoms with Gasteiger partial charge in [-0.05, 0) is 32.4 Å². The molecule has 1 aliphatic heterocycles. The Balaban J connectivity index is 2.45. The maximum atomic E-state index is 5.90. The average Bonchev–Trinajstić information content (AvgIpc) is 2.75. The van der Waals surface area contributed by atoms with Gasteiger partial charge in [-0.1, -0.05) is 0 Å². The maximum Gasteiger partial charge on any atom is 0.0821 e. The van der Waals surface area contributed by atoms with E-state index in [0.29, 0.717) is 6.54 Å². The van der Waals surface area contributed by atoms with Crippen LogP contribution in [0.1, 0.15) is 17.8 Å². The summed E-state index contributed by atoms with van der Waals surface area (Å²) in [5, 5.41) is 0. The van der Waals surface area contributed by atoms with Crippen LogP contribution in [0.4, 0.5) is 0 Å². The van der Waals surface area contributed by atoms with Crippen molar-refractivity contribution in [3.05, 3.63) is 23.5 Å². The summed E-state index contributed by atoms with van der Waals surface area (Å²) in [4.78, 5) is 0. The first-order chi connectivity index (χ1) is 6.69. The normalized spacial score (nSPS) is 27.1. The van der Waals surface area contributed by atoms with Gasteiger partial charge in [-0.15, -0.1) is 0 Å². The van der Waals surface area contributed by atoms with E-state index in [0.717, 1.165) is 19.6 Å². The van der Waals surface area contributed by atoms with Crippen molar-refractivity contribution in [1.29, 1.82) is 0 Å². The lowest BCUT2D eigenvalue weighted by molar-refractivity contribution is 0.155. The van der Waals surface area contributed by atoms with E-state index in [1.54, 1.807) is 0 Å². The zero-order valence-corrected chi connectivity index (χ0v) is 8.92. The highest BCUT2D eigenvalue weighted by Crippen LogP contribution is 2.29. The number of aromatic nitrogens is 1. The Bertz CT molecular complexity index is 305. The van der Waals surface area contributed by atoms with Crippen molar-refractivity contribution in [3.63, 3.8) is 0 Å². The van der Waals surface area contributed by atoms with Crippen molar-refractivity contribution in [2.45, 2.75) is 25.8 Å². The minimum Gasteiger partial charge on any atom is -0.379 e. The molecule has 2 heterocycles. The van der Waals surface area contributed by atoms with E-state index in [-0.39, 0.29) is 5.54 Å². The van der Waals surface area contributed by atoms with Gasteiger partial charge in [0.1, 0.15) is 0 Å². The van der Waals surface area contributed by atoms with Crippen molar-refractivity contribution in [1.82, 2.24) is 4.57 Å². The number of hydrogen-bond donors (Lipinski definition) is 1. The third kappa shape index (κ3) is 1.28. The fourth-order valence-corrected chi connectivity index (χ4v) is 2.44. The van der Waals surface area contributed by atoms with E-state index < -0.39 is 0 Å². The molecule has 1 aromatic rings. The van der Waals surface area contributed by atoms with E-state index in [1.807, 2.05) is 0 Å². The van der Waals surface area contributed by atoms with E-state index >= 15 is 0 Å². The molecular formula is C11H18N2O. The molecule has 0 aromatic carbocycles. The largest absolute Gasteiger partial charge is 0.379 e. The van der Waals surface area contributed by atoms with E-state index in [4.69, 9.17) is 10.5 Å². The molecule has 0 saturated carbocycles. The second-order valence-electron chi connectivity index (χ2n) is 4.18. The summed E-state index contributed by atoms with van der Waals surface area (Å²) in [5.41, 5.74) is 8.46. The Kier molecular flexibility index (Phi) is 2.37. The first-order valence-electron chi connectivity index (χ1n) is 5.13. The molecule has 2 rings (SSSR count). The number of aryl methyl sites for hydroxylation is 2. The zero-order valence-electron chi connectivity index (χ0n) is 8.92. The summed E-state index contributed by atoms with van der Waals surface area (Å²) in [6.45, 7) is 6.49. The third-order valence-electron chi connectivity index (χ3n) is 3.21. The number of nitrogens with zero attached hydrogens (tertiary/aromatic N) is 1. The van der Waals surface area contributed by atoms with Crippen molar-refractivity contribution < 1.29 is 4.74 Å². The first-order valence-corrected chi connectivity index (χ1v) is 5.13. The molecule has 0 bridgehead atoms. The lowest BCUT2D eigenvalue weighted by Gasteiger charge is -2.31. The van der Waals surface area contributed by atoms with Crippen LogP contribution in [0.5, 0.6) is 0 Å². The van der Waals surface area contributed by atoms with Crippen molar-refractivity contribution >= 4 is 0 Å². The molecule has 0 spiro atoms. The topological polar surface area (TPSA) is 40.2 Å². The zero-order chi connectivity index (χ0) is 10.2. The van der Waals surface area contributed by atoms with E-state index in [9.17, 15) is 0 Å². The number of rotatable bonds is 2. The van der Waals surface area contributed by atoms with Gasteiger partial charge in [0.15, 0.2) is 0 Å². The minimum absolute atomic E-state index is 0.0116. The average molecular weight is 194 g/mol. The van der Waals surface area contributed by atoms with Crippen LogP contribution >= 0.6 is 0 Å². The van der Waals surface area contributed by atoms with Crippen LogP contribution in [0.2, 0.25) is 0 Å². The lowest BCUT2D eigenvalue weighted by atomic mass is 9.98. The van der Waals surface area contributed by atoms with E-state index in [1.165, 1.54) is 11.4 Å². The predicted molar refractivity (Wildman–Crippen MR) is 56.4 cm³/mol. The molecule has 1 saturated heterocycles. The molecule has 0 radical (unpaired) electrons. The van der Waals surface area contributed by atoms with Gasteiger partial charge in [-0.3, -0.25) is 0 Å². The molecular weight excluding hydrogens is 176 g/mol. The van der Waals surface area contributed by atoms with Gasteiger partial charge in [-0.25, -0.2) is 0 Å². The lowest BCUT2D eigenvalue weighted by Crippen LogP contribution is -2.42.